The van der Waals surface area contributed by atoms with E-state index in [2.05, 4.69) is 10.4 Å². The molecule has 132 valence electrons. The molecular formula is C14H14FN5O4S. The van der Waals surface area contributed by atoms with Crippen LogP contribution in [0.25, 0.3) is 11.1 Å². The predicted molar refractivity (Wildman–Crippen MR) is 85.4 cm³/mol. The van der Waals surface area contributed by atoms with E-state index in [1.54, 1.807) is 15.6 Å². The number of fused-ring (bicyclic) bond motifs is 1. The predicted octanol–water partition coefficient (Wildman–Crippen LogP) is -0.321. The fraction of sp³-hybridized carbons (Fsp3) is 0.286. The van der Waals surface area contributed by atoms with Crippen molar-refractivity contribution < 1.29 is 22.7 Å². The Morgan fingerprint density at radius 2 is 2.12 bits per heavy atom. The third kappa shape index (κ3) is 2.51. The quantitative estimate of drug-likeness (QED) is 0.670. The smallest absolute Gasteiger partial charge is 0.326 e. The normalized spacial score (nSPS) is 18.9. The molecule has 2 aliphatic heterocycles. The van der Waals surface area contributed by atoms with Crippen molar-refractivity contribution in [2.75, 3.05) is 17.4 Å². The molecule has 9 nitrogen and oxygen atoms in total. The molecule has 1 aromatic heterocycles. The van der Waals surface area contributed by atoms with Crippen LogP contribution < -0.4 is 14.3 Å². The van der Waals surface area contributed by atoms with E-state index in [1.807, 2.05) is 0 Å². The number of aromatic hydroxyl groups is 1. The van der Waals surface area contributed by atoms with Crippen molar-refractivity contribution in [3.8, 4) is 16.9 Å². The topological polar surface area (TPSA) is 117 Å². The Morgan fingerprint density at radius 3 is 2.80 bits per heavy atom. The van der Waals surface area contributed by atoms with E-state index >= 15 is 0 Å². The lowest BCUT2D eigenvalue weighted by atomic mass is 10.0. The number of rotatable bonds is 2. The highest BCUT2D eigenvalue weighted by Gasteiger charge is 2.37. The lowest BCUT2D eigenvalue weighted by molar-refractivity contribution is -0.117. The molecule has 11 heteroatoms. The molecule has 1 fully saturated rings. The standard InChI is InChI=1S/C14H14FN5O4S/c15-10-3-8(9-5-17-19-2-1-16-6-11(9)19)4-12(21)14(10)20-7-13(22)18-25(20,23)24/h3-5,16,21H,1-2,6-7H2,(H,18,22). The summed E-state index contributed by atoms with van der Waals surface area (Å²) in [4.78, 5) is 11.3. The van der Waals surface area contributed by atoms with E-state index in [0.29, 0.717) is 28.5 Å². The molecule has 2 aromatic rings. The minimum absolute atomic E-state index is 0.375. The summed E-state index contributed by atoms with van der Waals surface area (Å²) in [7, 11) is -4.21. The van der Waals surface area contributed by atoms with Crippen LogP contribution in [0.1, 0.15) is 5.69 Å². The van der Waals surface area contributed by atoms with Gasteiger partial charge in [0, 0.05) is 18.7 Å². The Morgan fingerprint density at radius 1 is 1.32 bits per heavy atom. The Labute approximate surface area is 142 Å². The minimum atomic E-state index is -4.21. The van der Waals surface area contributed by atoms with Crippen LogP contribution in [0.4, 0.5) is 10.1 Å². The van der Waals surface area contributed by atoms with Gasteiger partial charge in [0.2, 0.25) is 0 Å². The number of hydrogen-bond donors (Lipinski definition) is 3. The molecule has 0 bridgehead atoms. The third-order valence-corrected chi connectivity index (χ3v) is 5.54. The highest BCUT2D eigenvalue weighted by Crippen LogP contribution is 2.38. The molecule has 1 amide bonds. The summed E-state index contributed by atoms with van der Waals surface area (Å²) in [6.45, 7) is 1.43. The Bertz CT molecular complexity index is 964. The van der Waals surface area contributed by atoms with Gasteiger partial charge in [0.25, 0.3) is 5.91 Å². The van der Waals surface area contributed by atoms with Crippen LogP contribution in [-0.2, 0) is 28.1 Å². The molecule has 0 aliphatic carbocycles. The second-order valence-electron chi connectivity index (χ2n) is 5.77. The minimum Gasteiger partial charge on any atom is -0.506 e. The third-order valence-electron chi connectivity index (χ3n) is 4.17. The molecule has 1 aromatic carbocycles. The van der Waals surface area contributed by atoms with E-state index in [0.717, 1.165) is 18.3 Å². The Balaban J connectivity index is 1.80. The number of anilines is 1. The fourth-order valence-corrected chi connectivity index (χ4v) is 4.23. The van der Waals surface area contributed by atoms with Gasteiger partial charge in [-0.3, -0.25) is 9.48 Å². The van der Waals surface area contributed by atoms with Crippen LogP contribution in [0.2, 0.25) is 0 Å². The average molecular weight is 367 g/mol. The van der Waals surface area contributed by atoms with Gasteiger partial charge in [0.1, 0.15) is 18.0 Å². The zero-order valence-corrected chi connectivity index (χ0v) is 13.7. The second-order valence-corrected chi connectivity index (χ2v) is 7.36. The zero-order valence-electron chi connectivity index (χ0n) is 12.9. The number of aromatic nitrogens is 2. The van der Waals surface area contributed by atoms with Gasteiger partial charge in [-0.25, -0.2) is 13.4 Å². The van der Waals surface area contributed by atoms with Gasteiger partial charge in [-0.05, 0) is 17.7 Å². The number of nitrogens with zero attached hydrogens (tertiary/aromatic N) is 3. The van der Waals surface area contributed by atoms with Gasteiger partial charge >= 0.3 is 10.2 Å². The molecule has 0 radical (unpaired) electrons. The summed E-state index contributed by atoms with van der Waals surface area (Å²) < 4.78 is 42.4. The number of hydrogen-bond acceptors (Lipinski definition) is 6. The molecule has 25 heavy (non-hydrogen) atoms. The first kappa shape index (κ1) is 15.8. The number of nitrogens with one attached hydrogen (secondary N) is 2. The monoisotopic (exact) mass is 367 g/mol. The lowest BCUT2D eigenvalue weighted by Crippen LogP contribution is -2.30. The van der Waals surface area contributed by atoms with Crippen molar-refractivity contribution >= 4 is 21.8 Å². The Kier molecular flexibility index (Phi) is 3.44. The Hall–Kier alpha value is -2.66. The first-order valence-corrected chi connectivity index (χ1v) is 8.92. The summed E-state index contributed by atoms with van der Waals surface area (Å²) in [6, 6.07) is 2.39. The van der Waals surface area contributed by atoms with Crippen molar-refractivity contribution in [1.29, 1.82) is 0 Å². The number of carbonyl (C=O) groups excluding carboxylic acids is 1. The van der Waals surface area contributed by atoms with E-state index in [-0.39, 0.29) is 0 Å². The molecule has 0 saturated carbocycles. The molecule has 0 spiro atoms. The zero-order chi connectivity index (χ0) is 17.8. The summed E-state index contributed by atoms with van der Waals surface area (Å²) in [5, 5.41) is 17.7. The van der Waals surface area contributed by atoms with Crippen molar-refractivity contribution in [2.24, 2.45) is 0 Å². The maximum absolute atomic E-state index is 14.6. The first-order valence-electron chi connectivity index (χ1n) is 7.48. The van der Waals surface area contributed by atoms with Crippen LogP contribution in [0, 0.1) is 5.82 Å². The number of phenolic OH excluding ortho intramolecular Hbond substituents is 1. The first-order chi connectivity index (χ1) is 11.9. The van der Waals surface area contributed by atoms with Crippen LogP contribution in [-0.4, -0.2) is 42.3 Å². The molecule has 3 N–H and O–H groups in total. The molecule has 1 saturated heterocycles. The molecule has 0 unspecified atom stereocenters. The molecule has 3 heterocycles. The summed E-state index contributed by atoms with van der Waals surface area (Å²) in [5.41, 5.74) is 1.32. The number of phenols is 1. The van der Waals surface area contributed by atoms with Crippen molar-refractivity contribution in [1.82, 2.24) is 19.8 Å². The van der Waals surface area contributed by atoms with Crippen molar-refractivity contribution in [3.05, 3.63) is 29.8 Å². The molecule has 4 rings (SSSR count). The van der Waals surface area contributed by atoms with Crippen molar-refractivity contribution in [3.63, 3.8) is 0 Å². The fourth-order valence-electron chi connectivity index (χ4n) is 3.06. The number of amides is 1. The lowest BCUT2D eigenvalue weighted by Gasteiger charge is -2.19. The van der Waals surface area contributed by atoms with Crippen LogP contribution in [0.5, 0.6) is 5.75 Å². The van der Waals surface area contributed by atoms with E-state index in [4.69, 9.17) is 0 Å². The van der Waals surface area contributed by atoms with Crippen LogP contribution in [0.3, 0.4) is 0 Å². The van der Waals surface area contributed by atoms with Crippen molar-refractivity contribution in [2.45, 2.75) is 13.1 Å². The van der Waals surface area contributed by atoms with Crippen LogP contribution >= 0.6 is 0 Å². The van der Waals surface area contributed by atoms with E-state index < -0.39 is 39.9 Å². The summed E-state index contributed by atoms with van der Waals surface area (Å²) in [6.07, 6.45) is 1.58. The van der Waals surface area contributed by atoms with E-state index in [1.165, 1.54) is 6.07 Å². The van der Waals surface area contributed by atoms with Gasteiger partial charge in [-0.15, -0.1) is 0 Å². The summed E-state index contributed by atoms with van der Waals surface area (Å²) in [5.74, 6) is -2.31. The van der Waals surface area contributed by atoms with Crippen LogP contribution in [0.15, 0.2) is 18.3 Å². The maximum atomic E-state index is 14.6. The average Bonchev–Trinajstić information content (AvgIpc) is 3.07. The molecule has 2 aliphatic rings. The van der Waals surface area contributed by atoms with E-state index in [9.17, 15) is 22.7 Å². The van der Waals surface area contributed by atoms with Gasteiger partial charge < -0.3 is 10.4 Å². The van der Waals surface area contributed by atoms with Gasteiger partial charge in [-0.1, -0.05) is 0 Å². The highest BCUT2D eigenvalue weighted by atomic mass is 32.2. The number of halogens is 1. The number of carbonyl (C=O) groups is 1. The SMILES string of the molecule is O=C1CN(c2c(O)cc(-c3cnn4c3CNCC4)cc2F)S(=O)(=O)N1. The molecular weight excluding hydrogens is 353 g/mol. The number of benzene rings is 1. The molecule has 0 atom stereocenters. The van der Waals surface area contributed by atoms with Gasteiger partial charge in [-0.2, -0.15) is 13.5 Å². The van der Waals surface area contributed by atoms with Gasteiger partial charge in [0.15, 0.2) is 5.82 Å². The second kappa shape index (κ2) is 5.43. The summed E-state index contributed by atoms with van der Waals surface area (Å²) >= 11 is 0. The van der Waals surface area contributed by atoms with Gasteiger partial charge in [0.05, 0.1) is 18.4 Å². The largest absolute Gasteiger partial charge is 0.506 e. The maximum Gasteiger partial charge on any atom is 0.326 e. The highest BCUT2D eigenvalue weighted by molar-refractivity contribution is 7.92.